The number of amides is 1. The number of hydrogen-bond acceptors (Lipinski definition) is 3. The van der Waals surface area contributed by atoms with Crippen molar-refractivity contribution in [2.24, 2.45) is 5.92 Å². The molecule has 1 heterocycles. The summed E-state index contributed by atoms with van der Waals surface area (Å²) in [5.41, 5.74) is 2.05. The predicted octanol–water partition coefficient (Wildman–Crippen LogP) is 1.69. The number of likely N-dealkylation sites (tertiary alicyclic amines) is 1. The molecule has 2 rings (SSSR count). The van der Waals surface area contributed by atoms with Crippen LogP contribution in [0.4, 0.5) is 5.69 Å². The SMILES string of the molecule is CC(=O)Nc1ccccc1CNCC1CCN(C)C1. The van der Waals surface area contributed by atoms with Crippen LogP contribution in [-0.2, 0) is 11.3 Å². The highest BCUT2D eigenvalue weighted by Gasteiger charge is 2.18. The molecule has 0 aliphatic carbocycles. The highest BCUT2D eigenvalue weighted by atomic mass is 16.1. The molecule has 1 fully saturated rings. The quantitative estimate of drug-likeness (QED) is 0.847. The molecule has 1 aliphatic heterocycles. The molecule has 4 heteroatoms. The lowest BCUT2D eigenvalue weighted by Crippen LogP contribution is -2.25. The number of anilines is 1. The molecule has 4 nitrogen and oxygen atoms in total. The lowest BCUT2D eigenvalue weighted by molar-refractivity contribution is -0.114. The molecule has 19 heavy (non-hydrogen) atoms. The van der Waals surface area contributed by atoms with Crippen LogP contribution in [0.1, 0.15) is 18.9 Å². The van der Waals surface area contributed by atoms with E-state index in [1.807, 2.05) is 18.2 Å². The normalized spacial score (nSPS) is 19.6. The van der Waals surface area contributed by atoms with E-state index >= 15 is 0 Å². The number of hydrogen-bond donors (Lipinski definition) is 2. The van der Waals surface area contributed by atoms with Crippen LogP contribution in [0.15, 0.2) is 24.3 Å². The van der Waals surface area contributed by atoms with E-state index in [-0.39, 0.29) is 5.91 Å². The number of rotatable bonds is 5. The van der Waals surface area contributed by atoms with E-state index in [0.29, 0.717) is 0 Å². The Labute approximate surface area is 115 Å². The molecular formula is C15H23N3O. The van der Waals surface area contributed by atoms with Crippen molar-refractivity contribution < 1.29 is 4.79 Å². The van der Waals surface area contributed by atoms with E-state index in [1.165, 1.54) is 19.5 Å². The van der Waals surface area contributed by atoms with Crippen LogP contribution in [0.2, 0.25) is 0 Å². The highest BCUT2D eigenvalue weighted by molar-refractivity contribution is 5.89. The van der Waals surface area contributed by atoms with Crippen molar-refractivity contribution in [3.63, 3.8) is 0 Å². The Morgan fingerprint density at radius 1 is 1.42 bits per heavy atom. The van der Waals surface area contributed by atoms with E-state index in [0.717, 1.165) is 30.3 Å². The van der Waals surface area contributed by atoms with E-state index in [9.17, 15) is 4.79 Å². The summed E-state index contributed by atoms with van der Waals surface area (Å²) in [6.07, 6.45) is 1.27. The van der Waals surface area contributed by atoms with Crippen LogP contribution in [0.5, 0.6) is 0 Å². The van der Waals surface area contributed by atoms with Gasteiger partial charge in [0, 0.05) is 25.7 Å². The minimum atomic E-state index is -0.0233. The van der Waals surface area contributed by atoms with E-state index < -0.39 is 0 Å². The molecule has 1 atom stereocenters. The second-order valence-corrected chi connectivity index (χ2v) is 5.39. The molecule has 0 bridgehead atoms. The predicted molar refractivity (Wildman–Crippen MR) is 78.1 cm³/mol. The van der Waals surface area contributed by atoms with Crippen molar-refractivity contribution in [2.75, 3.05) is 32.0 Å². The molecule has 0 radical (unpaired) electrons. The number of para-hydroxylation sites is 1. The lowest BCUT2D eigenvalue weighted by atomic mass is 10.1. The standard InChI is InChI=1S/C15H23N3O/c1-12(19)17-15-6-4-3-5-14(15)10-16-9-13-7-8-18(2)11-13/h3-6,13,16H,7-11H2,1-2H3,(H,17,19). The smallest absolute Gasteiger partial charge is 0.221 e. The van der Waals surface area contributed by atoms with Gasteiger partial charge in [-0.15, -0.1) is 0 Å². The molecule has 0 saturated carbocycles. The largest absolute Gasteiger partial charge is 0.326 e. The van der Waals surface area contributed by atoms with Gasteiger partial charge in [-0.2, -0.15) is 0 Å². The van der Waals surface area contributed by atoms with Crippen molar-refractivity contribution >= 4 is 11.6 Å². The van der Waals surface area contributed by atoms with Gasteiger partial charge < -0.3 is 15.5 Å². The zero-order valence-electron chi connectivity index (χ0n) is 11.8. The molecule has 1 unspecified atom stereocenters. The van der Waals surface area contributed by atoms with Crippen molar-refractivity contribution in [3.05, 3.63) is 29.8 Å². The fourth-order valence-electron chi connectivity index (χ4n) is 2.59. The lowest BCUT2D eigenvalue weighted by Gasteiger charge is -2.14. The summed E-state index contributed by atoms with van der Waals surface area (Å²) in [6.45, 7) is 5.77. The van der Waals surface area contributed by atoms with Crippen LogP contribution in [0.3, 0.4) is 0 Å². The summed E-state index contributed by atoms with van der Waals surface area (Å²) in [4.78, 5) is 13.5. The average molecular weight is 261 g/mol. The maximum atomic E-state index is 11.1. The van der Waals surface area contributed by atoms with Crippen LogP contribution < -0.4 is 10.6 Å². The Bertz CT molecular complexity index is 433. The van der Waals surface area contributed by atoms with Gasteiger partial charge in [-0.1, -0.05) is 18.2 Å². The summed E-state index contributed by atoms with van der Waals surface area (Å²) in [7, 11) is 2.17. The van der Waals surface area contributed by atoms with Crippen LogP contribution in [-0.4, -0.2) is 37.5 Å². The Balaban J connectivity index is 1.83. The summed E-state index contributed by atoms with van der Waals surface area (Å²) in [5, 5.41) is 6.37. The van der Waals surface area contributed by atoms with Crippen molar-refractivity contribution in [3.8, 4) is 0 Å². The topological polar surface area (TPSA) is 44.4 Å². The number of nitrogens with zero attached hydrogens (tertiary/aromatic N) is 1. The van der Waals surface area contributed by atoms with E-state index in [1.54, 1.807) is 6.92 Å². The van der Waals surface area contributed by atoms with Gasteiger partial charge in [-0.3, -0.25) is 4.79 Å². The first-order chi connectivity index (χ1) is 9.15. The maximum absolute atomic E-state index is 11.1. The van der Waals surface area contributed by atoms with Crippen molar-refractivity contribution in [1.29, 1.82) is 0 Å². The third-order valence-electron chi connectivity index (χ3n) is 3.57. The Hall–Kier alpha value is -1.39. The van der Waals surface area contributed by atoms with Crippen molar-refractivity contribution in [2.45, 2.75) is 19.9 Å². The van der Waals surface area contributed by atoms with Gasteiger partial charge in [-0.05, 0) is 44.1 Å². The van der Waals surface area contributed by atoms with Gasteiger partial charge in [0.1, 0.15) is 0 Å². The van der Waals surface area contributed by atoms with Gasteiger partial charge in [0.05, 0.1) is 0 Å². The van der Waals surface area contributed by atoms with E-state index in [2.05, 4.69) is 28.6 Å². The third kappa shape index (κ3) is 4.33. The second-order valence-electron chi connectivity index (χ2n) is 5.39. The van der Waals surface area contributed by atoms with Gasteiger partial charge in [-0.25, -0.2) is 0 Å². The Kier molecular flexibility index (Phi) is 4.93. The molecule has 0 aromatic heterocycles. The highest BCUT2D eigenvalue weighted by Crippen LogP contribution is 2.16. The molecule has 1 saturated heterocycles. The summed E-state index contributed by atoms with van der Waals surface area (Å²) < 4.78 is 0. The van der Waals surface area contributed by atoms with Gasteiger partial charge in [0.25, 0.3) is 0 Å². The average Bonchev–Trinajstić information content (AvgIpc) is 2.77. The van der Waals surface area contributed by atoms with Crippen molar-refractivity contribution in [1.82, 2.24) is 10.2 Å². The number of nitrogens with one attached hydrogen (secondary N) is 2. The minimum absolute atomic E-state index is 0.0233. The second kappa shape index (κ2) is 6.68. The number of carbonyl (C=O) groups is 1. The van der Waals surface area contributed by atoms with Crippen LogP contribution >= 0.6 is 0 Å². The zero-order chi connectivity index (χ0) is 13.7. The van der Waals surface area contributed by atoms with E-state index in [4.69, 9.17) is 0 Å². The minimum Gasteiger partial charge on any atom is -0.326 e. The summed E-state index contributed by atoms with van der Waals surface area (Å²) in [5.74, 6) is 0.725. The maximum Gasteiger partial charge on any atom is 0.221 e. The fourth-order valence-corrected chi connectivity index (χ4v) is 2.59. The van der Waals surface area contributed by atoms with Crippen LogP contribution in [0.25, 0.3) is 0 Å². The molecule has 1 aliphatic rings. The Morgan fingerprint density at radius 3 is 2.89 bits per heavy atom. The molecule has 104 valence electrons. The van der Waals surface area contributed by atoms with Gasteiger partial charge >= 0.3 is 0 Å². The molecule has 1 aromatic carbocycles. The first kappa shape index (κ1) is 14.0. The summed E-state index contributed by atoms with van der Waals surface area (Å²) in [6, 6.07) is 7.95. The number of benzene rings is 1. The number of carbonyl (C=O) groups excluding carboxylic acids is 1. The van der Waals surface area contributed by atoms with Gasteiger partial charge in [0.2, 0.25) is 5.91 Å². The Morgan fingerprint density at radius 2 is 2.21 bits per heavy atom. The molecule has 1 aromatic rings. The molecular weight excluding hydrogens is 238 g/mol. The van der Waals surface area contributed by atoms with Crippen LogP contribution in [0, 0.1) is 5.92 Å². The zero-order valence-corrected chi connectivity index (χ0v) is 11.8. The molecule has 2 N–H and O–H groups in total. The monoisotopic (exact) mass is 261 g/mol. The first-order valence-corrected chi connectivity index (χ1v) is 6.90. The summed E-state index contributed by atoms with van der Waals surface area (Å²) >= 11 is 0. The third-order valence-corrected chi connectivity index (χ3v) is 3.57. The molecule has 0 spiro atoms. The fraction of sp³-hybridized carbons (Fsp3) is 0.533. The first-order valence-electron chi connectivity index (χ1n) is 6.90. The van der Waals surface area contributed by atoms with Gasteiger partial charge in [0.15, 0.2) is 0 Å². The molecule has 1 amide bonds.